The third-order valence-electron chi connectivity index (χ3n) is 2.23. The highest BCUT2D eigenvalue weighted by Gasteiger charge is 2.39. The summed E-state index contributed by atoms with van der Waals surface area (Å²) in [4.78, 5) is 10.8. The van der Waals surface area contributed by atoms with E-state index in [2.05, 4.69) is 0 Å². The number of rotatable bonds is 2. The molecule has 3 heteroatoms. The second-order valence-corrected chi connectivity index (χ2v) is 2.86. The summed E-state index contributed by atoms with van der Waals surface area (Å²) in [5, 5.41) is 8.76. The Bertz CT molecular complexity index is 139. The molecular formula is C7H12NO2. The third-order valence-corrected chi connectivity index (χ3v) is 2.23. The molecule has 0 bridgehead atoms. The number of amides is 1. The van der Waals surface area contributed by atoms with E-state index in [1.807, 2.05) is 0 Å². The number of nitrogens with two attached hydrogens (primary N) is 1. The second-order valence-electron chi connectivity index (χ2n) is 2.86. The maximum atomic E-state index is 10.8. The van der Waals surface area contributed by atoms with Crippen molar-refractivity contribution in [3.8, 4) is 0 Å². The Morgan fingerprint density at radius 1 is 1.50 bits per heavy atom. The van der Waals surface area contributed by atoms with E-state index in [1.54, 1.807) is 0 Å². The molecule has 1 fully saturated rings. The van der Waals surface area contributed by atoms with Crippen molar-refractivity contribution in [2.24, 2.45) is 11.1 Å². The maximum absolute atomic E-state index is 10.8. The van der Waals surface area contributed by atoms with Gasteiger partial charge in [-0.3, -0.25) is 4.79 Å². The average Bonchev–Trinajstić information content (AvgIpc) is 2.35. The Kier molecular flexibility index (Phi) is 1.94. The Hall–Kier alpha value is -0.570. The zero-order valence-corrected chi connectivity index (χ0v) is 5.84. The van der Waals surface area contributed by atoms with Crippen molar-refractivity contribution < 1.29 is 9.90 Å². The minimum Gasteiger partial charge on any atom is -0.389 e. The van der Waals surface area contributed by atoms with E-state index in [4.69, 9.17) is 10.8 Å². The molecule has 0 atom stereocenters. The molecule has 0 aromatic rings. The lowest BCUT2D eigenvalue weighted by Crippen LogP contribution is -2.34. The molecule has 0 saturated heterocycles. The quantitative estimate of drug-likeness (QED) is 0.592. The van der Waals surface area contributed by atoms with Gasteiger partial charge in [-0.15, -0.1) is 0 Å². The fourth-order valence-electron chi connectivity index (χ4n) is 1.45. The number of carbonyl (C=O) groups excluding carboxylic acids is 1. The monoisotopic (exact) mass is 142 g/mol. The van der Waals surface area contributed by atoms with E-state index >= 15 is 0 Å². The van der Waals surface area contributed by atoms with Crippen molar-refractivity contribution in [1.82, 2.24) is 0 Å². The molecule has 1 aliphatic rings. The lowest BCUT2D eigenvalue weighted by Gasteiger charge is -2.20. The van der Waals surface area contributed by atoms with E-state index in [9.17, 15) is 4.79 Å². The number of aliphatic hydroxyl groups excluding tert-OH is 1. The highest BCUT2D eigenvalue weighted by atomic mass is 16.3. The zero-order valence-electron chi connectivity index (χ0n) is 5.84. The van der Waals surface area contributed by atoms with Gasteiger partial charge in [-0.25, -0.2) is 0 Å². The highest BCUT2D eigenvalue weighted by molar-refractivity contribution is 5.82. The van der Waals surface area contributed by atoms with Crippen LogP contribution < -0.4 is 5.73 Å². The maximum Gasteiger partial charge on any atom is 0.226 e. The van der Waals surface area contributed by atoms with Crippen LogP contribution >= 0.6 is 0 Å². The third kappa shape index (κ3) is 1.01. The van der Waals surface area contributed by atoms with Crippen LogP contribution in [0, 0.1) is 12.0 Å². The molecule has 1 aliphatic carbocycles. The summed E-state index contributed by atoms with van der Waals surface area (Å²) in [7, 11) is 0. The smallest absolute Gasteiger partial charge is 0.226 e. The number of primary amides is 1. The predicted octanol–water partition coefficient (Wildman–Crippen LogP) is 0.566. The van der Waals surface area contributed by atoms with E-state index < -0.39 is 11.3 Å². The van der Waals surface area contributed by atoms with Crippen LogP contribution in [0.25, 0.3) is 0 Å². The highest BCUT2D eigenvalue weighted by Crippen LogP contribution is 2.39. The molecule has 0 heterocycles. The molecule has 0 aliphatic heterocycles. The fraction of sp³-hybridized carbons (Fsp3) is 0.714. The molecule has 1 saturated carbocycles. The summed E-state index contributed by atoms with van der Waals surface area (Å²) < 4.78 is 0. The summed E-state index contributed by atoms with van der Waals surface area (Å²) in [5.74, 6) is -0.396. The van der Waals surface area contributed by atoms with Gasteiger partial charge < -0.3 is 10.8 Å². The van der Waals surface area contributed by atoms with Crippen molar-refractivity contribution in [3.05, 3.63) is 6.61 Å². The molecule has 1 rings (SSSR count). The summed E-state index contributed by atoms with van der Waals surface area (Å²) in [6.45, 7) is 0.961. The molecule has 57 valence electrons. The van der Waals surface area contributed by atoms with Gasteiger partial charge in [-0.1, -0.05) is 12.8 Å². The minimum atomic E-state index is -0.694. The van der Waals surface area contributed by atoms with Gasteiger partial charge in [-0.05, 0) is 12.8 Å². The number of carbonyl (C=O) groups is 1. The zero-order chi connectivity index (χ0) is 7.61. The molecule has 0 aromatic heterocycles. The summed E-state index contributed by atoms with van der Waals surface area (Å²) in [6.07, 6.45) is 3.39. The van der Waals surface area contributed by atoms with E-state index in [0.29, 0.717) is 12.8 Å². The Morgan fingerprint density at radius 3 is 2.20 bits per heavy atom. The second kappa shape index (κ2) is 2.58. The molecular weight excluding hydrogens is 130 g/mol. The van der Waals surface area contributed by atoms with Crippen molar-refractivity contribution in [2.45, 2.75) is 25.7 Å². The first-order chi connectivity index (χ1) is 4.71. The summed E-state index contributed by atoms with van der Waals surface area (Å²) in [6, 6.07) is 0. The van der Waals surface area contributed by atoms with Crippen molar-refractivity contribution in [2.75, 3.05) is 0 Å². The van der Waals surface area contributed by atoms with Crippen LogP contribution in [0.1, 0.15) is 25.7 Å². The van der Waals surface area contributed by atoms with Gasteiger partial charge >= 0.3 is 0 Å². The SMILES string of the molecule is NC(=O)C1([CH]O)CCCC1. The average molecular weight is 142 g/mol. The fourth-order valence-corrected chi connectivity index (χ4v) is 1.45. The van der Waals surface area contributed by atoms with Gasteiger partial charge in [0.1, 0.15) is 0 Å². The predicted molar refractivity (Wildman–Crippen MR) is 36.3 cm³/mol. The van der Waals surface area contributed by atoms with Crippen LogP contribution in [-0.4, -0.2) is 11.0 Å². The van der Waals surface area contributed by atoms with E-state index in [1.165, 1.54) is 0 Å². The van der Waals surface area contributed by atoms with E-state index in [-0.39, 0.29) is 0 Å². The van der Waals surface area contributed by atoms with Crippen molar-refractivity contribution >= 4 is 5.91 Å². The molecule has 0 aromatic carbocycles. The lowest BCUT2D eigenvalue weighted by molar-refractivity contribution is -0.127. The summed E-state index contributed by atoms with van der Waals surface area (Å²) >= 11 is 0. The van der Waals surface area contributed by atoms with Crippen molar-refractivity contribution in [1.29, 1.82) is 0 Å². The Labute approximate surface area is 60.2 Å². The molecule has 1 amide bonds. The standard InChI is InChI=1S/C7H12NO2/c8-6(10)7(5-9)3-1-2-4-7/h5,9H,1-4H2,(H2,8,10). The van der Waals surface area contributed by atoms with Crippen LogP contribution in [0.5, 0.6) is 0 Å². The molecule has 10 heavy (non-hydrogen) atoms. The first-order valence-corrected chi connectivity index (χ1v) is 3.50. The number of hydrogen-bond acceptors (Lipinski definition) is 2. The summed E-state index contributed by atoms with van der Waals surface area (Å²) in [5.41, 5.74) is 4.42. The van der Waals surface area contributed by atoms with Crippen LogP contribution in [0.3, 0.4) is 0 Å². The Morgan fingerprint density at radius 2 is 2.00 bits per heavy atom. The van der Waals surface area contributed by atoms with Gasteiger partial charge in [0.15, 0.2) is 0 Å². The molecule has 1 radical (unpaired) electrons. The number of hydrogen-bond donors (Lipinski definition) is 2. The first-order valence-electron chi connectivity index (χ1n) is 3.50. The lowest BCUT2D eigenvalue weighted by atomic mass is 9.87. The minimum absolute atomic E-state index is 0.396. The van der Waals surface area contributed by atoms with Gasteiger partial charge in [0, 0.05) is 0 Å². The van der Waals surface area contributed by atoms with Crippen LogP contribution in [-0.2, 0) is 4.79 Å². The molecule has 3 N–H and O–H groups in total. The topological polar surface area (TPSA) is 63.3 Å². The van der Waals surface area contributed by atoms with Crippen LogP contribution in [0.15, 0.2) is 0 Å². The van der Waals surface area contributed by atoms with Crippen LogP contribution in [0.2, 0.25) is 0 Å². The van der Waals surface area contributed by atoms with Crippen molar-refractivity contribution in [3.63, 3.8) is 0 Å². The molecule has 0 spiro atoms. The largest absolute Gasteiger partial charge is 0.389 e. The van der Waals surface area contributed by atoms with Gasteiger partial charge in [0.2, 0.25) is 5.91 Å². The Balaban J connectivity index is 2.67. The van der Waals surface area contributed by atoms with E-state index in [0.717, 1.165) is 19.4 Å². The first kappa shape index (κ1) is 7.54. The number of aliphatic hydroxyl groups is 1. The van der Waals surface area contributed by atoms with Crippen LogP contribution in [0.4, 0.5) is 0 Å². The normalized spacial score (nSPS) is 22.9. The molecule has 0 unspecified atom stereocenters. The van der Waals surface area contributed by atoms with Gasteiger partial charge in [0.25, 0.3) is 0 Å². The van der Waals surface area contributed by atoms with Gasteiger partial charge in [0.05, 0.1) is 12.0 Å². The van der Waals surface area contributed by atoms with Gasteiger partial charge in [-0.2, -0.15) is 0 Å². The molecule has 3 nitrogen and oxygen atoms in total.